The molecule has 4 rings (SSSR count). The van der Waals surface area contributed by atoms with E-state index in [1.165, 1.54) is 12.0 Å². The molecule has 3 aromatic carbocycles. The maximum atomic E-state index is 6.01. The highest BCUT2D eigenvalue weighted by Crippen LogP contribution is 2.29. The largest absolute Gasteiger partial charge is 0.496 e. The number of benzene rings is 3. The van der Waals surface area contributed by atoms with Gasteiger partial charge in [0.05, 0.1) is 7.11 Å². The van der Waals surface area contributed by atoms with Crippen LogP contribution in [-0.2, 0) is 6.54 Å². The zero-order chi connectivity index (χ0) is 19.9. The topological polar surface area (TPSA) is 42.5 Å². The molecule has 0 aromatic heterocycles. The Kier molecular flexibility index (Phi) is 6.45. The van der Waals surface area contributed by atoms with Crippen molar-refractivity contribution in [2.45, 2.75) is 31.5 Å². The number of nitrogens with one attached hydrogen (secondary N) is 2. The molecule has 2 N–H and O–H groups in total. The molecule has 4 heteroatoms. The monoisotopic (exact) mass is 388 g/mol. The highest BCUT2D eigenvalue weighted by Gasteiger charge is 2.25. The summed E-state index contributed by atoms with van der Waals surface area (Å²) in [5.74, 6) is 2.52. The molecule has 0 saturated carbocycles. The van der Waals surface area contributed by atoms with Gasteiger partial charge in [0.1, 0.15) is 17.2 Å². The second kappa shape index (κ2) is 9.59. The standard InChI is InChI=1S/C25H28N2O2/c1-28-24-15-14-22(29-21-11-6-3-7-12-21)17-20(24)18-27-23-13-8-16-26-25(23)19-9-4-2-5-10-19/h2-7,9-12,14-15,17,23,25-27H,8,13,16,18H2,1H3/t23-,25-/m0/s1. The second-order valence-corrected chi connectivity index (χ2v) is 7.36. The van der Waals surface area contributed by atoms with E-state index in [1.54, 1.807) is 7.11 Å². The van der Waals surface area contributed by atoms with E-state index in [0.717, 1.165) is 42.3 Å². The van der Waals surface area contributed by atoms with Crippen LogP contribution in [0, 0.1) is 0 Å². The maximum Gasteiger partial charge on any atom is 0.128 e. The molecular formula is C25H28N2O2. The Bertz CT molecular complexity index is 899. The van der Waals surface area contributed by atoms with Gasteiger partial charge in [-0.3, -0.25) is 0 Å². The van der Waals surface area contributed by atoms with Gasteiger partial charge in [-0.25, -0.2) is 0 Å². The summed E-state index contributed by atoms with van der Waals surface area (Å²) in [6.45, 7) is 1.78. The Morgan fingerprint density at radius 2 is 1.69 bits per heavy atom. The van der Waals surface area contributed by atoms with E-state index < -0.39 is 0 Å². The van der Waals surface area contributed by atoms with Gasteiger partial charge in [-0.1, -0.05) is 48.5 Å². The lowest BCUT2D eigenvalue weighted by atomic mass is 9.92. The van der Waals surface area contributed by atoms with Crippen LogP contribution in [0.2, 0.25) is 0 Å². The molecule has 0 bridgehead atoms. The smallest absolute Gasteiger partial charge is 0.128 e. The number of ether oxygens (including phenoxy) is 2. The fraction of sp³-hybridized carbons (Fsp3) is 0.280. The van der Waals surface area contributed by atoms with E-state index in [4.69, 9.17) is 9.47 Å². The Labute approximate surface area is 172 Å². The Morgan fingerprint density at radius 1 is 0.931 bits per heavy atom. The first-order chi connectivity index (χ1) is 14.3. The minimum Gasteiger partial charge on any atom is -0.496 e. The molecule has 150 valence electrons. The lowest BCUT2D eigenvalue weighted by Gasteiger charge is -2.34. The van der Waals surface area contributed by atoms with Gasteiger partial charge in [-0.05, 0) is 55.3 Å². The third-order valence-electron chi connectivity index (χ3n) is 5.40. The van der Waals surface area contributed by atoms with Crippen LogP contribution in [0.25, 0.3) is 0 Å². The van der Waals surface area contributed by atoms with E-state index in [2.05, 4.69) is 47.0 Å². The summed E-state index contributed by atoms with van der Waals surface area (Å²) < 4.78 is 11.6. The van der Waals surface area contributed by atoms with Crippen molar-refractivity contribution < 1.29 is 9.47 Å². The van der Waals surface area contributed by atoms with Crippen LogP contribution in [0.15, 0.2) is 78.9 Å². The Morgan fingerprint density at radius 3 is 2.45 bits per heavy atom. The van der Waals surface area contributed by atoms with Crippen molar-refractivity contribution in [3.05, 3.63) is 90.0 Å². The van der Waals surface area contributed by atoms with Gasteiger partial charge >= 0.3 is 0 Å². The zero-order valence-corrected chi connectivity index (χ0v) is 16.8. The summed E-state index contributed by atoms with van der Waals surface area (Å²) in [4.78, 5) is 0. The molecule has 3 aromatic rings. The average molecular weight is 389 g/mol. The zero-order valence-electron chi connectivity index (χ0n) is 16.8. The van der Waals surface area contributed by atoms with Crippen molar-refractivity contribution in [1.82, 2.24) is 10.6 Å². The van der Waals surface area contributed by atoms with Gasteiger partial charge in [0.2, 0.25) is 0 Å². The lowest BCUT2D eigenvalue weighted by Crippen LogP contribution is -2.45. The Hall–Kier alpha value is -2.82. The van der Waals surface area contributed by atoms with Gasteiger partial charge in [0.15, 0.2) is 0 Å². The van der Waals surface area contributed by atoms with Crippen molar-refractivity contribution in [2.24, 2.45) is 0 Å². The number of hydrogen-bond donors (Lipinski definition) is 2. The summed E-state index contributed by atoms with van der Waals surface area (Å²) in [5, 5.41) is 7.43. The molecule has 1 fully saturated rings. The van der Waals surface area contributed by atoms with Gasteiger partial charge in [0.25, 0.3) is 0 Å². The molecule has 4 nitrogen and oxygen atoms in total. The molecule has 1 aliphatic rings. The molecule has 2 atom stereocenters. The summed E-state index contributed by atoms with van der Waals surface area (Å²) >= 11 is 0. The fourth-order valence-corrected chi connectivity index (χ4v) is 3.94. The molecule has 29 heavy (non-hydrogen) atoms. The first-order valence-corrected chi connectivity index (χ1v) is 10.2. The number of para-hydroxylation sites is 1. The molecule has 1 saturated heterocycles. The summed E-state index contributed by atoms with van der Waals surface area (Å²) in [6.07, 6.45) is 2.32. The lowest BCUT2D eigenvalue weighted by molar-refractivity contribution is 0.302. The van der Waals surface area contributed by atoms with Gasteiger partial charge in [-0.15, -0.1) is 0 Å². The van der Waals surface area contributed by atoms with E-state index >= 15 is 0 Å². The highest BCUT2D eigenvalue weighted by atomic mass is 16.5. The molecule has 0 unspecified atom stereocenters. The van der Waals surface area contributed by atoms with Crippen LogP contribution < -0.4 is 20.1 Å². The molecule has 1 heterocycles. The van der Waals surface area contributed by atoms with Crippen molar-refractivity contribution in [1.29, 1.82) is 0 Å². The van der Waals surface area contributed by atoms with E-state index in [1.807, 2.05) is 42.5 Å². The molecule has 0 amide bonds. The predicted molar refractivity (Wildman–Crippen MR) is 117 cm³/mol. The van der Waals surface area contributed by atoms with Crippen LogP contribution in [-0.4, -0.2) is 19.7 Å². The quantitative estimate of drug-likeness (QED) is 0.593. The molecule has 0 radical (unpaired) electrons. The van der Waals surface area contributed by atoms with Gasteiger partial charge < -0.3 is 20.1 Å². The minimum atomic E-state index is 0.319. The van der Waals surface area contributed by atoms with Crippen LogP contribution in [0.3, 0.4) is 0 Å². The van der Waals surface area contributed by atoms with Gasteiger partial charge in [0, 0.05) is 24.2 Å². The number of hydrogen-bond acceptors (Lipinski definition) is 4. The first kappa shape index (κ1) is 19.5. The maximum absolute atomic E-state index is 6.01. The van der Waals surface area contributed by atoms with Crippen LogP contribution in [0.5, 0.6) is 17.2 Å². The number of methoxy groups -OCH3 is 1. The third kappa shape index (κ3) is 4.97. The second-order valence-electron chi connectivity index (χ2n) is 7.36. The van der Waals surface area contributed by atoms with Crippen LogP contribution in [0.1, 0.15) is 30.0 Å². The predicted octanol–water partition coefficient (Wildman–Crippen LogP) is 5.07. The summed E-state index contributed by atoms with van der Waals surface area (Å²) in [7, 11) is 1.71. The van der Waals surface area contributed by atoms with E-state index in [0.29, 0.717) is 12.1 Å². The molecular weight excluding hydrogens is 360 g/mol. The van der Waals surface area contributed by atoms with Crippen LogP contribution >= 0.6 is 0 Å². The highest BCUT2D eigenvalue weighted by molar-refractivity contribution is 5.42. The SMILES string of the molecule is COc1ccc(Oc2ccccc2)cc1CN[C@H]1CCCN[C@H]1c1ccccc1. The van der Waals surface area contributed by atoms with Crippen molar-refractivity contribution in [3.8, 4) is 17.2 Å². The normalized spacial score (nSPS) is 18.9. The minimum absolute atomic E-state index is 0.319. The Balaban J connectivity index is 1.48. The molecule has 0 spiro atoms. The molecule has 1 aliphatic heterocycles. The third-order valence-corrected chi connectivity index (χ3v) is 5.40. The summed E-state index contributed by atoms with van der Waals surface area (Å²) in [5.41, 5.74) is 2.43. The number of rotatable bonds is 7. The fourth-order valence-electron chi connectivity index (χ4n) is 3.94. The van der Waals surface area contributed by atoms with E-state index in [-0.39, 0.29) is 0 Å². The number of piperidine rings is 1. The van der Waals surface area contributed by atoms with Crippen molar-refractivity contribution in [3.63, 3.8) is 0 Å². The van der Waals surface area contributed by atoms with Gasteiger partial charge in [-0.2, -0.15) is 0 Å². The van der Waals surface area contributed by atoms with Crippen LogP contribution in [0.4, 0.5) is 0 Å². The van der Waals surface area contributed by atoms with Crippen molar-refractivity contribution in [2.75, 3.05) is 13.7 Å². The van der Waals surface area contributed by atoms with E-state index in [9.17, 15) is 0 Å². The average Bonchev–Trinajstić information content (AvgIpc) is 2.79. The van der Waals surface area contributed by atoms with Crippen molar-refractivity contribution >= 4 is 0 Å². The molecule has 0 aliphatic carbocycles. The summed E-state index contributed by atoms with van der Waals surface area (Å²) in [6, 6.07) is 27.2. The first-order valence-electron chi connectivity index (χ1n) is 10.2.